The third-order valence-electron chi connectivity index (χ3n) is 5.45. The van der Waals surface area contributed by atoms with Crippen LogP contribution in [0.5, 0.6) is 11.5 Å². The molecule has 0 radical (unpaired) electrons. The first-order valence-electron chi connectivity index (χ1n) is 11.4. The van der Waals surface area contributed by atoms with Gasteiger partial charge in [-0.2, -0.15) is 0 Å². The Labute approximate surface area is 218 Å². The van der Waals surface area contributed by atoms with Crippen LogP contribution in [0.4, 0.5) is 5.69 Å². The van der Waals surface area contributed by atoms with Gasteiger partial charge >= 0.3 is 0 Å². The number of nitrogens with one attached hydrogen (secondary N) is 1. The van der Waals surface area contributed by atoms with Crippen molar-refractivity contribution >= 4 is 39.1 Å². The zero-order valence-electron chi connectivity index (χ0n) is 21.4. The minimum Gasteiger partial charge on any atom is -0.493 e. The number of sulfonamides is 1. The number of amides is 2. The number of hydrogen-bond donors (Lipinski definition) is 1. The van der Waals surface area contributed by atoms with Crippen molar-refractivity contribution in [2.24, 2.45) is 5.92 Å². The van der Waals surface area contributed by atoms with Crippen LogP contribution in [0.3, 0.4) is 0 Å². The van der Waals surface area contributed by atoms with Crippen molar-refractivity contribution < 1.29 is 27.5 Å². The fourth-order valence-electron chi connectivity index (χ4n) is 3.42. The van der Waals surface area contributed by atoms with Crippen LogP contribution in [-0.4, -0.2) is 64.7 Å². The molecule has 0 heterocycles. The number of benzene rings is 2. The first-order chi connectivity index (χ1) is 16.9. The second-order valence-corrected chi connectivity index (χ2v) is 11.1. The van der Waals surface area contributed by atoms with E-state index < -0.39 is 28.5 Å². The molecule has 2 aromatic carbocycles. The second kappa shape index (κ2) is 12.8. The first kappa shape index (κ1) is 29.3. The highest BCUT2D eigenvalue weighted by Crippen LogP contribution is 2.32. The molecule has 0 unspecified atom stereocenters. The van der Waals surface area contributed by atoms with E-state index in [1.807, 2.05) is 13.8 Å². The fourth-order valence-corrected chi connectivity index (χ4v) is 4.38. The summed E-state index contributed by atoms with van der Waals surface area (Å²) in [5.41, 5.74) is 0.972. The van der Waals surface area contributed by atoms with Crippen LogP contribution in [0.1, 0.15) is 26.3 Å². The molecule has 0 aliphatic heterocycles. The Morgan fingerprint density at radius 2 is 1.61 bits per heavy atom. The van der Waals surface area contributed by atoms with Gasteiger partial charge in [-0.15, -0.1) is 0 Å². The molecule has 1 atom stereocenters. The molecule has 2 rings (SSSR count). The summed E-state index contributed by atoms with van der Waals surface area (Å²) in [4.78, 5) is 27.8. The molecule has 11 heteroatoms. The number of rotatable bonds is 12. The number of ether oxygens (including phenoxy) is 2. The lowest BCUT2D eigenvalue weighted by molar-refractivity contribution is -0.139. The smallest absolute Gasteiger partial charge is 0.244 e. The molecule has 0 saturated heterocycles. The maximum Gasteiger partial charge on any atom is 0.244 e. The van der Waals surface area contributed by atoms with Crippen LogP contribution < -0.4 is 19.1 Å². The van der Waals surface area contributed by atoms with Gasteiger partial charge in [0.25, 0.3) is 0 Å². The molecule has 0 saturated carbocycles. The third-order valence-corrected chi connectivity index (χ3v) is 6.84. The summed E-state index contributed by atoms with van der Waals surface area (Å²) in [6, 6.07) is 10.6. The van der Waals surface area contributed by atoms with Gasteiger partial charge < -0.3 is 19.7 Å². The van der Waals surface area contributed by atoms with E-state index in [2.05, 4.69) is 5.32 Å². The normalized spacial score (nSPS) is 12.1. The summed E-state index contributed by atoms with van der Waals surface area (Å²) >= 11 is 5.99. The van der Waals surface area contributed by atoms with Gasteiger partial charge in [-0.25, -0.2) is 8.42 Å². The van der Waals surface area contributed by atoms with E-state index in [1.54, 1.807) is 37.3 Å². The Kier molecular flexibility index (Phi) is 10.4. The molecule has 0 aliphatic carbocycles. The summed E-state index contributed by atoms with van der Waals surface area (Å²) in [5, 5.41) is 3.38. The molecular formula is C25H34ClN3O6S. The Balaban J connectivity index is 2.41. The van der Waals surface area contributed by atoms with Crippen LogP contribution >= 0.6 is 11.6 Å². The van der Waals surface area contributed by atoms with E-state index in [4.69, 9.17) is 21.1 Å². The summed E-state index contributed by atoms with van der Waals surface area (Å²) in [6.07, 6.45) is 1.01. The summed E-state index contributed by atoms with van der Waals surface area (Å²) < 4.78 is 36.9. The van der Waals surface area contributed by atoms with E-state index in [9.17, 15) is 18.0 Å². The van der Waals surface area contributed by atoms with E-state index in [-0.39, 0.29) is 24.1 Å². The highest BCUT2D eigenvalue weighted by Gasteiger charge is 2.30. The van der Waals surface area contributed by atoms with Gasteiger partial charge in [-0.3, -0.25) is 13.9 Å². The zero-order valence-corrected chi connectivity index (χ0v) is 23.0. The third kappa shape index (κ3) is 8.03. The molecule has 0 aromatic heterocycles. The van der Waals surface area contributed by atoms with Crippen molar-refractivity contribution in [3.05, 3.63) is 53.1 Å². The van der Waals surface area contributed by atoms with Crippen LogP contribution in [0.25, 0.3) is 0 Å². The van der Waals surface area contributed by atoms with Gasteiger partial charge in [-0.05, 0) is 42.7 Å². The number of methoxy groups -OCH3 is 2. The second-order valence-electron chi connectivity index (χ2n) is 8.77. The maximum atomic E-state index is 13.6. The highest BCUT2D eigenvalue weighted by atomic mass is 35.5. The van der Waals surface area contributed by atoms with E-state index in [0.29, 0.717) is 23.1 Å². The number of halogens is 1. The number of carbonyl (C=O) groups excluding carboxylic acids is 2. The van der Waals surface area contributed by atoms with Crippen molar-refractivity contribution in [1.29, 1.82) is 0 Å². The van der Waals surface area contributed by atoms with E-state index in [1.165, 1.54) is 31.3 Å². The lowest BCUT2D eigenvalue weighted by Gasteiger charge is -2.31. The molecule has 1 N–H and O–H groups in total. The molecule has 0 aliphatic rings. The Bertz CT molecular complexity index is 1150. The van der Waals surface area contributed by atoms with Gasteiger partial charge in [0, 0.05) is 24.2 Å². The predicted octanol–water partition coefficient (Wildman–Crippen LogP) is 3.31. The first-order valence-corrected chi connectivity index (χ1v) is 13.6. The Morgan fingerprint density at radius 3 is 2.14 bits per heavy atom. The van der Waals surface area contributed by atoms with Crippen LogP contribution in [-0.2, 0) is 26.2 Å². The van der Waals surface area contributed by atoms with Crippen molar-refractivity contribution in [2.75, 3.05) is 37.9 Å². The fraction of sp³-hybridized carbons (Fsp3) is 0.440. The SMILES string of the molecule is COc1ccc(N(CC(=O)N(Cc2ccc(Cl)cc2)[C@@H](C)C(=O)NCC(C)C)S(C)(=O)=O)cc1OC. The topological polar surface area (TPSA) is 105 Å². The van der Waals surface area contributed by atoms with Crippen LogP contribution in [0, 0.1) is 5.92 Å². The minimum atomic E-state index is -3.87. The molecule has 0 spiro atoms. The monoisotopic (exact) mass is 539 g/mol. The Morgan fingerprint density at radius 1 is 1.00 bits per heavy atom. The molecule has 9 nitrogen and oxygen atoms in total. The van der Waals surface area contributed by atoms with Crippen LogP contribution in [0.15, 0.2) is 42.5 Å². The molecule has 0 bridgehead atoms. The van der Waals surface area contributed by atoms with Gasteiger partial charge in [-0.1, -0.05) is 37.6 Å². The number of anilines is 1. The summed E-state index contributed by atoms with van der Waals surface area (Å²) in [6.45, 7) is 5.58. The van der Waals surface area contributed by atoms with Crippen molar-refractivity contribution in [2.45, 2.75) is 33.4 Å². The summed E-state index contributed by atoms with van der Waals surface area (Å²) in [7, 11) is -0.964. The number of carbonyl (C=O) groups is 2. The van der Waals surface area contributed by atoms with Gasteiger partial charge in [0.05, 0.1) is 26.2 Å². The number of hydrogen-bond acceptors (Lipinski definition) is 6. The predicted molar refractivity (Wildman–Crippen MR) is 141 cm³/mol. The zero-order chi connectivity index (χ0) is 27.0. The highest BCUT2D eigenvalue weighted by molar-refractivity contribution is 7.92. The molecule has 2 aromatic rings. The quantitative estimate of drug-likeness (QED) is 0.443. The molecular weight excluding hydrogens is 506 g/mol. The minimum absolute atomic E-state index is 0.0931. The molecule has 2 amide bonds. The number of nitrogens with zero attached hydrogens (tertiary/aromatic N) is 2. The standard InChI is InChI=1S/C25H34ClN3O6S/c1-17(2)14-27-25(31)18(3)28(15-19-7-9-20(26)10-8-19)24(30)16-29(36(6,32)33)21-11-12-22(34-4)23(13-21)35-5/h7-13,17-18H,14-16H2,1-6H3,(H,27,31)/t18-/m0/s1. The molecule has 0 fully saturated rings. The average Bonchev–Trinajstić information content (AvgIpc) is 2.83. The van der Waals surface area contributed by atoms with Gasteiger partial charge in [0.2, 0.25) is 21.8 Å². The lowest BCUT2D eigenvalue weighted by Crippen LogP contribution is -2.51. The average molecular weight is 540 g/mol. The van der Waals surface area contributed by atoms with E-state index in [0.717, 1.165) is 16.1 Å². The van der Waals surface area contributed by atoms with Crippen LogP contribution in [0.2, 0.25) is 5.02 Å². The Hall–Kier alpha value is -2.98. The summed E-state index contributed by atoms with van der Waals surface area (Å²) in [5.74, 6) is 0.0872. The van der Waals surface area contributed by atoms with Gasteiger partial charge in [0.1, 0.15) is 12.6 Å². The lowest BCUT2D eigenvalue weighted by atomic mass is 10.1. The molecule has 36 heavy (non-hydrogen) atoms. The van der Waals surface area contributed by atoms with E-state index >= 15 is 0 Å². The van der Waals surface area contributed by atoms with Crippen molar-refractivity contribution in [3.8, 4) is 11.5 Å². The van der Waals surface area contributed by atoms with Crippen molar-refractivity contribution in [1.82, 2.24) is 10.2 Å². The van der Waals surface area contributed by atoms with Crippen molar-refractivity contribution in [3.63, 3.8) is 0 Å². The molecule has 198 valence electrons. The maximum absolute atomic E-state index is 13.6. The largest absolute Gasteiger partial charge is 0.493 e. The van der Waals surface area contributed by atoms with Gasteiger partial charge in [0.15, 0.2) is 11.5 Å².